The molecule has 0 radical (unpaired) electrons. The topological polar surface area (TPSA) is 32.3 Å². The molecule has 1 fully saturated rings. The van der Waals surface area contributed by atoms with Crippen LogP contribution in [0.5, 0.6) is 0 Å². The molecule has 0 aromatic carbocycles. The van der Waals surface area contributed by atoms with Crippen LogP contribution in [0.1, 0.15) is 18.2 Å². The highest BCUT2D eigenvalue weighted by atomic mass is 32.1. The first-order valence-corrected chi connectivity index (χ1v) is 5.58. The molecule has 0 saturated carbocycles. The first kappa shape index (κ1) is 9.19. The second-order valence-corrected chi connectivity index (χ2v) is 4.70. The third-order valence-electron chi connectivity index (χ3n) is 2.90. The highest BCUT2D eigenvalue weighted by molar-refractivity contribution is 7.10. The van der Waals surface area contributed by atoms with E-state index in [0.717, 1.165) is 24.4 Å². The molecule has 3 heteroatoms. The molecule has 2 nitrogen and oxygen atoms in total. The lowest BCUT2D eigenvalue weighted by atomic mass is 9.82. The molecule has 1 aromatic heterocycles. The first-order chi connectivity index (χ1) is 6.23. The van der Waals surface area contributed by atoms with Crippen molar-refractivity contribution in [3.8, 4) is 0 Å². The molecule has 2 heterocycles. The van der Waals surface area contributed by atoms with Crippen LogP contribution in [0.25, 0.3) is 0 Å². The minimum Gasteiger partial charge on any atom is -0.384 e. The van der Waals surface area contributed by atoms with E-state index in [9.17, 15) is 5.11 Å². The normalized spacial score (nSPS) is 34.8. The van der Waals surface area contributed by atoms with E-state index in [4.69, 9.17) is 0 Å². The fourth-order valence-corrected chi connectivity index (χ4v) is 2.87. The summed E-state index contributed by atoms with van der Waals surface area (Å²) >= 11 is 1.65. The van der Waals surface area contributed by atoms with E-state index in [1.165, 1.54) is 0 Å². The SMILES string of the molecule is C[C@H]1CNCC[C@@]1(O)c1cccs1. The predicted octanol–water partition coefficient (Wildman–Crippen LogP) is 1.57. The standard InChI is InChI=1S/C10H15NOS/c1-8-7-11-5-4-10(8,12)9-3-2-6-13-9/h2-3,6,8,11-12H,4-5,7H2,1H3/t8-,10-/m0/s1. The summed E-state index contributed by atoms with van der Waals surface area (Å²) in [5.74, 6) is 0.305. The summed E-state index contributed by atoms with van der Waals surface area (Å²) in [6.45, 7) is 3.93. The van der Waals surface area contributed by atoms with Gasteiger partial charge in [0.15, 0.2) is 0 Å². The minimum absolute atomic E-state index is 0.305. The van der Waals surface area contributed by atoms with Gasteiger partial charge in [0, 0.05) is 17.3 Å². The second-order valence-electron chi connectivity index (χ2n) is 3.76. The molecular weight excluding hydrogens is 182 g/mol. The highest BCUT2D eigenvalue weighted by Crippen LogP contribution is 2.37. The zero-order valence-corrected chi connectivity index (χ0v) is 8.60. The van der Waals surface area contributed by atoms with E-state index in [1.807, 2.05) is 17.5 Å². The average molecular weight is 197 g/mol. The Morgan fingerprint density at radius 3 is 3.15 bits per heavy atom. The number of hydrogen-bond donors (Lipinski definition) is 2. The van der Waals surface area contributed by atoms with Gasteiger partial charge in [-0.05, 0) is 24.4 Å². The molecule has 2 N–H and O–H groups in total. The van der Waals surface area contributed by atoms with E-state index in [-0.39, 0.29) is 0 Å². The Kier molecular flexibility index (Phi) is 2.41. The van der Waals surface area contributed by atoms with Crippen LogP contribution in [0, 0.1) is 5.92 Å². The molecule has 0 unspecified atom stereocenters. The van der Waals surface area contributed by atoms with Crippen molar-refractivity contribution in [3.63, 3.8) is 0 Å². The molecule has 0 amide bonds. The van der Waals surface area contributed by atoms with Crippen LogP contribution < -0.4 is 5.32 Å². The van der Waals surface area contributed by atoms with Gasteiger partial charge in [-0.3, -0.25) is 0 Å². The zero-order valence-electron chi connectivity index (χ0n) is 7.79. The lowest BCUT2D eigenvalue weighted by Crippen LogP contribution is -2.46. The summed E-state index contributed by atoms with van der Waals surface area (Å²) in [5, 5.41) is 15.8. The van der Waals surface area contributed by atoms with Crippen molar-refractivity contribution >= 4 is 11.3 Å². The van der Waals surface area contributed by atoms with Gasteiger partial charge >= 0.3 is 0 Å². The van der Waals surface area contributed by atoms with Gasteiger partial charge in [0.2, 0.25) is 0 Å². The van der Waals surface area contributed by atoms with Gasteiger partial charge in [0.1, 0.15) is 5.60 Å². The monoisotopic (exact) mass is 197 g/mol. The lowest BCUT2D eigenvalue weighted by molar-refractivity contribution is -0.0359. The second kappa shape index (κ2) is 3.40. The summed E-state index contributed by atoms with van der Waals surface area (Å²) in [6, 6.07) is 4.04. The third kappa shape index (κ3) is 1.52. The van der Waals surface area contributed by atoms with Crippen molar-refractivity contribution in [1.29, 1.82) is 0 Å². The van der Waals surface area contributed by atoms with Gasteiger partial charge in [0.25, 0.3) is 0 Å². The largest absolute Gasteiger partial charge is 0.384 e. The van der Waals surface area contributed by atoms with Crippen LogP contribution >= 0.6 is 11.3 Å². The summed E-state index contributed by atoms with van der Waals surface area (Å²) in [6.07, 6.45) is 0.828. The van der Waals surface area contributed by atoms with E-state index in [1.54, 1.807) is 11.3 Å². The van der Waals surface area contributed by atoms with Crippen molar-refractivity contribution in [2.24, 2.45) is 5.92 Å². The Hall–Kier alpha value is -0.380. The molecule has 1 saturated heterocycles. The van der Waals surface area contributed by atoms with E-state index in [0.29, 0.717) is 5.92 Å². The van der Waals surface area contributed by atoms with Crippen molar-refractivity contribution in [2.75, 3.05) is 13.1 Å². The van der Waals surface area contributed by atoms with E-state index >= 15 is 0 Å². The van der Waals surface area contributed by atoms with Gasteiger partial charge in [-0.25, -0.2) is 0 Å². The maximum Gasteiger partial charge on any atom is 0.104 e. The van der Waals surface area contributed by atoms with E-state index in [2.05, 4.69) is 12.2 Å². The van der Waals surface area contributed by atoms with Gasteiger partial charge < -0.3 is 10.4 Å². The van der Waals surface area contributed by atoms with Gasteiger partial charge in [-0.2, -0.15) is 0 Å². The molecule has 72 valence electrons. The Morgan fingerprint density at radius 1 is 1.69 bits per heavy atom. The molecule has 1 aromatic rings. The zero-order chi connectivity index (χ0) is 9.31. The smallest absolute Gasteiger partial charge is 0.104 e. The fraction of sp³-hybridized carbons (Fsp3) is 0.600. The lowest BCUT2D eigenvalue weighted by Gasteiger charge is -2.37. The number of nitrogens with one attached hydrogen (secondary N) is 1. The van der Waals surface area contributed by atoms with Crippen LogP contribution in [0.3, 0.4) is 0 Å². The number of rotatable bonds is 1. The van der Waals surface area contributed by atoms with Crippen molar-refractivity contribution in [1.82, 2.24) is 5.32 Å². The summed E-state index contributed by atoms with van der Waals surface area (Å²) in [5.41, 5.74) is -0.584. The average Bonchev–Trinajstić information content (AvgIpc) is 2.63. The molecule has 1 aliphatic heterocycles. The molecule has 1 aliphatic rings. The van der Waals surface area contributed by atoms with Gasteiger partial charge in [-0.15, -0.1) is 11.3 Å². The Morgan fingerprint density at radius 2 is 2.54 bits per heavy atom. The summed E-state index contributed by atoms with van der Waals surface area (Å²) in [4.78, 5) is 1.11. The Balaban J connectivity index is 2.27. The molecule has 0 bridgehead atoms. The predicted molar refractivity (Wildman–Crippen MR) is 54.9 cm³/mol. The molecule has 2 atom stereocenters. The molecule has 0 spiro atoms. The maximum atomic E-state index is 10.5. The van der Waals surface area contributed by atoms with Crippen LogP contribution in [0.4, 0.5) is 0 Å². The molecule has 0 aliphatic carbocycles. The summed E-state index contributed by atoms with van der Waals surface area (Å²) in [7, 11) is 0. The minimum atomic E-state index is -0.584. The number of thiophene rings is 1. The number of hydrogen-bond acceptors (Lipinski definition) is 3. The van der Waals surface area contributed by atoms with E-state index < -0.39 is 5.60 Å². The number of aliphatic hydroxyl groups is 1. The molecular formula is C10H15NOS. The highest BCUT2D eigenvalue weighted by Gasteiger charge is 2.38. The third-order valence-corrected chi connectivity index (χ3v) is 3.93. The van der Waals surface area contributed by atoms with Gasteiger partial charge in [0.05, 0.1) is 0 Å². The van der Waals surface area contributed by atoms with Crippen molar-refractivity contribution < 1.29 is 5.11 Å². The van der Waals surface area contributed by atoms with Crippen LogP contribution in [0.2, 0.25) is 0 Å². The Bertz CT molecular complexity index is 272. The molecule has 13 heavy (non-hydrogen) atoms. The fourth-order valence-electron chi connectivity index (χ4n) is 1.90. The quantitative estimate of drug-likeness (QED) is 0.716. The van der Waals surface area contributed by atoms with Crippen LogP contribution in [-0.4, -0.2) is 18.2 Å². The first-order valence-electron chi connectivity index (χ1n) is 4.70. The number of piperidine rings is 1. The molecule has 2 rings (SSSR count). The summed E-state index contributed by atoms with van der Waals surface area (Å²) < 4.78 is 0. The van der Waals surface area contributed by atoms with Crippen molar-refractivity contribution in [3.05, 3.63) is 22.4 Å². The Labute approximate surface area is 82.6 Å². The van der Waals surface area contributed by atoms with Crippen LogP contribution in [-0.2, 0) is 5.60 Å². The van der Waals surface area contributed by atoms with Crippen molar-refractivity contribution in [2.45, 2.75) is 18.9 Å². The van der Waals surface area contributed by atoms with Gasteiger partial charge in [-0.1, -0.05) is 13.0 Å². The maximum absolute atomic E-state index is 10.5. The van der Waals surface area contributed by atoms with Crippen LogP contribution in [0.15, 0.2) is 17.5 Å².